The molecule has 1 aromatic heterocycles. The summed E-state index contributed by atoms with van der Waals surface area (Å²) in [5, 5.41) is 7.63. The molecule has 0 bridgehead atoms. The lowest BCUT2D eigenvalue weighted by molar-refractivity contribution is 0.224. The van der Waals surface area contributed by atoms with Gasteiger partial charge in [0.2, 0.25) is 0 Å². The van der Waals surface area contributed by atoms with Crippen LogP contribution in [0.15, 0.2) is 35.5 Å². The van der Waals surface area contributed by atoms with Gasteiger partial charge in [-0.05, 0) is 32.4 Å². The monoisotopic (exact) mass is 346 g/mol. The smallest absolute Gasteiger partial charge is 0.191 e. The van der Waals surface area contributed by atoms with Gasteiger partial charge in [-0.3, -0.25) is 4.99 Å². The van der Waals surface area contributed by atoms with Crippen molar-refractivity contribution in [3.8, 4) is 5.75 Å². The van der Waals surface area contributed by atoms with Gasteiger partial charge in [0.1, 0.15) is 16.9 Å². The fourth-order valence-electron chi connectivity index (χ4n) is 2.10. The first-order chi connectivity index (χ1) is 11.6. The second kappa shape index (κ2) is 9.27. The number of aromatic nitrogens is 1. The second-order valence-corrected chi connectivity index (χ2v) is 6.82. The van der Waals surface area contributed by atoms with E-state index in [-0.39, 0.29) is 6.10 Å². The topological polar surface area (TPSA) is 58.5 Å². The maximum Gasteiger partial charge on any atom is 0.191 e. The molecule has 0 aliphatic heterocycles. The molecule has 130 valence electrons. The molecule has 0 amide bonds. The highest BCUT2D eigenvalue weighted by Crippen LogP contribution is 2.13. The van der Waals surface area contributed by atoms with E-state index >= 15 is 0 Å². The normalized spacial score (nSPS) is 12.8. The van der Waals surface area contributed by atoms with Crippen molar-refractivity contribution in [2.75, 3.05) is 13.6 Å². The first-order valence-electron chi connectivity index (χ1n) is 8.22. The zero-order chi connectivity index (χ0) is 17.4. The number of ether oxygens (including phenoxy) is 1. The molecule has 24 heavy (non-hydrogen) atoms. The Morgan fingerprint density at radius 1 is 1.29 bits per heavy atom. The molecule has 1 heterocycles. The lowest BCUT2D eigenvalue weighted by Gasteiger charge is -2.17. The van der Waals surface area contributed by atoms with E-state index in [0.29, 0.717) is 13.1 Å². The maximum absolute atomic E-state index is 5.89. The molecule has 0 saturated heterocycles. The van der Waals surface area contributed by atoms with Crippen molar-refractivity contribution in [3.63, 3.8) is 0 Å². The van der Waals surface area contributed by atoms with E-state index in [1.165, 1.54) is 10.4 Å². The molecular formula is C18H26N4OS. The number of thiazole rings is 1. The van der Waals surface area contributed by atoms with Crippen LogP contribution in [0.1, 0.15) is 29.3 Å². The molecule has 0 saturated carbocycles. The predicted molar refractivity (Wildman–Crippen MR) is 101 cm³/mol. The van der Waals surface area contributed by atoms with Crippen LogP contribution in [0.25, 0.3) is 0 Å². The van der Waals surface area contributed by atoms with Crippen LogP contribution in [0.4, 0.5) is 0 Å². The third kappa shape index (κ3) is 5.85. The molecule has 2 N–H and O–H groups in total. The molecule has 1 unspecified atom stereocenters. The Morgan fingerprint density at radius 2 is 2.04 bits per heavy atom. The molecule has 0 aliphatic rings. The summed E-state index contributed by atoms with van der Waals surface area (Å²) in [4.78, 5) is 9.94. The fourth-order valence-corrected chi connectivity index (χ4v) is 2.91. The lowest BCUT2D eigenvalue weighted by Crippen LogP contribution is -2.41. The second-order valence-electron chi connectivity index (χ2n) is 5.62. The Balaban J connectivity index is 1.75. The molecule has 1 aromatic carbocycles. The van der Waals surface area contributed by atoms with E-state index in [0.717, 1.165) is 23.1 Å². The number of aliphatic imine (C=N–C) groups is 1. The van der Waals surface area contributed by atoms with E-state index < -0.39 is 0 Å². The summed E-state index contributed by atoms with van der Waals surface area (Å²) in [5.41, 5.74) is 1.23. The van der Waals surface area contributed by atoms with Crippen LogP contribution in [0.5, 0.6) is 5.75 Å². The number of guanidine groups is 1. The average molecular weight is 347 g/mol. The molecule has 5 nitrogen and oxygen atoms in total. The molecule has 0 spiro atoms. The van der Waals surface area contributed by atoms with Crippen molar-refractivity contribution in [3.05, 3.63) is 45.9 Å². The van der Waals surface area contributed by atoms with Gasteiger partial charge in [0.15, 0.2) is 5.96 Å². The fraction of sp³-hybridized carbons (Fsp3) is 0.444. The Bertz CT molecular complexity index is 651. The van der Waals surface area contributed by atoms with Gasteiger partial charge >= 0.3 is 0 Å². The van der Waals surface area contributed by atoms with Crippen LogP contribution in [0, 0.1) is 6.92 Å². The van der Waals surface area contributed by atoms with Crippen molar-refractivity contribution in [1.82, 2.24) is 15.6 Å². The minimum atomic E-state index is 0.0396. The number of benzene rings is 1. The van der Waals surface area contributed by atoms with Crippen molar-refractivity contribution in [2.45, 2.75) is 39.8 Å². The predicted octanol–water partition coefficient (Wildman–Crippen LogP) is 3.15. The van der Waals surface area contributed by atoms with Gasteiger partial charge in [-0.25, -0.2) is 4.98 Å². The van der Waals surface area contributed by atoms with Gasteiger partial charge in [-0.1, -0.05) is 24.6 Å². The summed E-state index contributed by atoms with van der Waals surface area (Å²) in [6.45, 7) is 7.59. The number of aryl methyl sites for hydroxylation is 2. The standard InChI is InChI=1S/C18H26N4OS/c1-5-16-11-20-17(24-16)12-22-18(19-4)21-10-14(3)23-15-8-6-13(2)7-9-15/h6-9,11,14H,5,10,12H2,1-4H3,(H2,19,21,22). The first kappa shape index (κ1) is 18.3. The Morgan fingerprint density at radius 3 is 2.67 bits per heavy atom. The molecule has 1 atom stereocenters. The molecule has 0 radical (unpaired) electrons. The molecular weight excluding hydrogens is 320 g/mol. The van der Waals surface area contributed by atoms with Gasteiger partial charge in [0.05, 0.1) is 13.1 Å². The summed E-state index contributed by atoms with van der Waals surface area (Å²) in [7, 11) is 1.76. The number of hydrogen-bond acceptors (Lipinski definition) is 4. The van der Waals surface area contributed by atoms with Gasteiger partial charge in [-0.15, -0.1) is 11.3 Å². The summed E-state index contributed by atoms with van der Waals surface area (Å²) in [6.07, 6.45) is 3.01. The van der Waals surface area contributed by atoms with Gasteiger partial charge in [0, 0.05) is 18.1 Å². The van der Waals surface area contributed by atoms with Crippen LogP contribution in [0.3, 0.4) is 0 Å². The number of rotatable bonds is 7. The Hall–Kier alpha value is -2.08. The summed E-state index contributed by atoms with van der Waals surface area (Å²) >= 11 is 1.73. The van der Waals surface area contributed by atoms with E-state index in [2.05, 4.69) is 46.6 Å². The minimum absolute atomic E-state index is 0.0396. The van der Waals surface area contributed by atoms with Gasteiger partial charge in [-0.2, -0.15) is 0 Å². The van der Waals surface area contributed by atoms with Crippen LogP contribution in [-0.4, -0.2) is 30.6 Å². The van der Waals surface area contributed by atoms with Crippen LogP contribution in [-0.2, 0) is 13.0 Å². The van der Waals surface area contributed by atoms with Crippen LogP contribution in [0.2, 0.25) is 0 Å². The Kier molecular flexibility index (Phi) is 7.06. The van der Waals surface area contributed by atoms with Crippen molar-refractivity contribution < 1.29 is 4.74 Å². The third-order valence-electron chi connectivity index (χ3n) is 3.50. The van der Waals surface area contributed by atoms with E-state index in [4.69, 9.17) is 4.74 Å². The molecule has 0 fully saturated rings. The highest BCUT2D eigenvalue weighted by atomic mass is 32.1. The lowest BCUT2D eigenvalue weighted by atomic mass is 10.2. The molecule has 2 aromatic rings. The van der Waals surface area contributed by atoms with Gasteiger partial charge < -0.3 is 15.4 Å². The first-order valence-corrected chi connectivity index (χ1v) is 9.03. The van der Waals surface area contributed by atoms with Crippen molar-refractivity contribution in [2.24, 2.45) is 4.99 Å². The summed E-state index contributed by atoms with van der Waals surface area (Å²) in [6, 6.07) is 8.09. The average Bonchev–Trinajstić information content (AvgIpc) is 3.05. The number of hydrogen-bond donors (Lipinski definition) is 2. The highest BCUT2D eigenvalue weighted by molar-refractivity contribution is 7.11. The third-order valence-corrected chi connectivity index (χ3v) is 4.64. The summed E-state index contributed by atoms with van der Waals surface area (Å²) in [5.74, 6) is 1.63. The van der Waals surface area contributed by atoms with E-state index in [1.54, 1.807) is 18.4 Å². The van der Waals surface area contributed by atoms with Crippen molar-refractivity contribution >= 4 is 17.3 Å². The number of nitrogens with zero attached hydrogens (tertiary/aromatic N) is 2. The van der Waals surface area contributed by atoms with E-state index in [1.807, 2.05) is 25.3 Å². The zero-order valence-electron chi connectivity index (χ0n) is 14.8. The largest absolute Gasteiger partial charge is 0.489 e. The maximum atomic E-state index is 5.89. The molecule has 6 heteroatoms. The van der Waals surface area contributed by atoms with Crippen LogP contribution < -0.4 is 15.4 Å². The minimum Gasteiger partial charge on any atom is -0.489 e. The quantitative estimate of drug-likeness (QED) is 0.597. The Labute approximate surface area is 148 Å². The van der Waals surface area contributed by atoms with Gasteiger partial charge in [0.25, 0.3) is 0 Å². The molecule has 0 aliphatic carbocycles. The molecule has 2 rings (SSSR count). The zero-order valence-corrected chi connectivity index (χ0v) is 15.6. The number of nitrogens with one attached hydrogen (secondary N) is 2. The highest BCUT2D eigenvalue weighted by Gasteiger charge is 2.07. The SMILES string of the molecule is CCc1cnc(CNC(=NC)NCC(C)Oc2ccc(C)cc2)s1. The van der Waals surface area contributed by atoms with E-state index in [9.17, 15) is 0 Å². The van der Waals surface area contributed by atoms with Crippen LogP contribution >= 0.6 is 11.3 Å². The van der Waals surface area contributed by atoms with Crippen molar-refractivity contribution in [1.29, 1.82) is 0 Å². The summed E-state index contributed by atoms with van der Waals surface area (Å²) < 4.78 is 5.89.